The van der Waals surface area contributed by atoms with Crippen molar-refractivity contribution in [1.82, 2.24) is 9.13 Å². The number of nitrogens with zero attached hydrogens (tertiary/aromatic N) is 2. The van der Waals surface area contributed by atoms with Crippen molar-refractivity contribution in [3.63, 3.8) is 0 Å². The van der Waals surface area contributed by atoms with Crippen LogP contribution in [-0.2, 0) is 0 Å². The molecule has 2 saturated carbocycles. The van der Waals surface area contributed by atoms with Gasteiger partial charge in [-0.3, -0.25) is 0 Å². The molecule has 0 amide bonds. The Bertz CT molecular complexity index is 267. The largest absolute Gasteiger partial charge is 0.324 e. The van der Waals surface area contributed by atoms with Crippen LogP contribution < -0.4 is 0 Å². The Morgan fingerprint density at radius 2 is 1.05 bits per heavy atom. The van der Waals surface area contributed by atoms with E-state index in [1.807, 2.05) is 0 Å². The molecule has 2 aliphatic carbocycles. The molecular formula is C16H34N2Si2. The molecule has 0 spiro atoms. The van der Waals surface area contributed by atoms with Crippen molar-refractivity contribution in [3.8, 4) is 0 Å². The molecule has 0 bridgehead atoms. The zero-order chi connectivity index (χ0) is 13.9. The maximum atomic E-state index is 3.03. The maximum Gasteiger partial charge on any atom is 0.109 e. The molecule has 3 aliphatic rings. The third-order valence-corrected chi connectivity index (χ3v) is 18.5. The van der Waals surface area contributed by atoms with Gasteiger partial charge < -0.3 is 9.13 Å². The molecule has 1 saturated heterocycles. The highest BCUT2D eigenvalue weighted by Gasteiger charge is 2.43. The summed E-state index contributed by atoms with van der Waals surface area (Å²) in [5, 5.41) is 0. The van der Waals surface area contributed by atoms with Crippen LogP contribution in [0.2, 0.25) is 11.3 Å². The first kappa shape index (κ1) is 15.3. The Hall–Kier alpha value is 0.354. The third-order valence-electron chi connectivity index (χ3n) is 6.34. The van der Waals surface area contributed by atoms with Gasteiger partial charge >= 0.3 is 0 Å². The normalized spacial score (nSPS) is 32.4. The van der Waals surface area contributed by atoms with Crippen LogP contribution in [-0.4, -0.2) is 52.2 Å². The minimum Gasteiger partial charge on any atom is -0.324 e. The van der Waals surface area contributed by atoms with Gasteiger partial charge in [-0.15, -0.1) is 0 Å². The summed E-state index contributed by atoms with van der Waals surface area (Å²) < 4.78 is 6.05. The molecule has 0 aromatic heterocycles. The predicted octanol–water partition coefficient (Wildman–Crippen LogP) is 3.06. The first-order valence-electron chi connectivity index (χ1n) is 9.35. The second-order valence-corrected chi connectivity index (χ2v) is 15.0. The summed E-state index contributed by atoms with van der Waals surface area (Å²) >= 11 is 0. The van der Waals surface area contributed by atoms with Gasteiger partial charge in [-0.25, -0.2) is 0 Å². The SMILES string of the molecule is CCN(C1CCCC1)[SiH]1C[SiH](N(CC)C2CCCC2)C1. The van der Waals surface area contributed by atoms with Gasteiger partial charge in [0.2, 0.25) is 0 Å². The van der Waals surface area contributed by atoms with E-state index in [0.29, 0.717) is 0 Å². The second-order valence-electron chi connectivity index (χ2n) is 7.32. The van der Waals surface area contributed by atoms with Crippen molar-refractivity contribution in [2.45, 2.75) is 88.6 Å². The van der Waals surface area contributed by atoms with Crippen LogP contribution in [0.5, 0.6) is 0 Å². The highest BCUT2D eigenvalue weighted by Crippen LogP contribution is 2.35. The first-order valence-corrected chi connectivity index (χ1v) is 13.6. The molecule has 0 atom stereocenters. The molecule has 0 unspecified atom stereocenters. The van der Waals surface area contributed by atoms with Gasteiger partial charge in [-0.1, -0.05) is 39.5 Å². The average Bonchev–Trinajstić information content (AvgIpc) is 3.09. The Labute approximate surface area is 129 Å². The van der Waals surface area contributed by atoms with Gasteiger partial charge in [-0.05, 0) is 50.1 Å². The number of hydrogen-bond donors (Lipinski definition) is 0. The molecule has 116 valence electrons. The van der Waals surface area contributed by atoms with Crippen molar-refractivity contribution < 1.29 is 0 Å². The van der Waals surface area contributed by atoms with Gasteiger partial charge in [0.1, 0.15) is 17.9 Å². The number of hydrogen-bond acceptors (Lipinski definition) is 2. The van der Waals surface area contributed by atoms with E-state index in [-0.39, 0.29) is 0 Å². The molecule has 0 N–H and O–H groups in total. The summed E-state index contributed by atoms with van der Waals surface area (Å²) in [5.41, 5.74) is 3.46. The molecule has 0 aromatic carbocycles. The fourth-order valence-electron chi connectivity index (χ4n) is 5.20. The molecule has 1 aliphatic heterocycles. The molecular weight excluding hydrogens is 276 g/mol. The Morgan fingerprint density at radius 1 is 0.700 bits per heavy atom. The quantitative estimate of drug-likeness (QED) is 0.696. The fourth-order valence-corrected chi connectivity index (χ4v) is 16.8. The van der Waals surface area contributed by atoms with E-state index >= 15 is 0 Å². The Morgan fingerprint density at radius 3 is 1.35 bits per heavy atom. The fraction of sp³-hybridized carbons (Fsp3) is 1.00. The lowest BCUT2D eigenvalue weighted by molar-refractivity contribution is 0.321. The van der Waals surface area contributed by atoms with Gasteiger partial charge in [0.05, 0.1) is 0 Å². The van der Waals surface area contributed by atoms with Crippen LogP contribution in [0, 0.1) is 0 Å². The lowest BCUT2D eigenvalue weighted by Gasteiger charge is -2.49. The van der Waals surface area contributed by atoms with E-state index in [1.165, 1.54) is 64.5 Å². The standard InChI is InChI=1S/C16H34N2Si2/c1-3-17(15-9-5-6-10-15)19-13-20(14-19)18(4-2)16-11-7-8-12-16/h15-16,19-20H,3-14H2,1-2H3. The smallest absolute Gasteiger partial charge is 0.109 e. The highest BCUT2D eigenvalue weighted by molar-refractivity contribution is 6.92. The summed E-state index contributed by atoms with van der Waals surface area (Å²) in [6.45, 7) is 7.57. The highest BCUT2D eigenvalue weighted by atomic mass is 28.4. The molecule has 3 rings (SSSR count). The van der Waals surface area contributed by atoms with Crippen LogP contribution in [0.15, 0.2) is 0 Å². The molecule has 2 nitrogen and oxygen atoms in total. The van der Waals surface area contributed by atoms with Crippen molar-refractivity contribution in [1.29, 1.82) is 0 Å². The van der Waals surface area contributed by atoms with E-state index in [2.05, 4.69) is 23.0 Å². The molecule has 4 heteroatoms. The zero-order valence-corrected chi connectivity index (χ0v) is 16.0. The zero-order valence-electron chi connectivity index (χ0n) is 13.7. The molecule has 0 radical (unpaired) electrons. The van der Waals surface area contributed by atoms with Crippen LogP contribution in [0.3, 0.4) is 0 Å². The van der Waals surface area contributed by atoms with Crippen LogP contribution >= 0.6 is 0 Å². The molecule has 1 heterocycles. The molecule has 20 heavy (non-hydrogen) atoms. The summed E-state index contributed by atoms with van der Waals surface area (Å²) in [7, 11) is -0.973. The predicted molar refractivity (Wildman–Crippen MR) is 93.2 cm³/mol. The second kappa shape index (κ2) is 7.08. The summed E-state index contributed by atoms with van der Waals surface area (Å²) in [6.07, 6.45) is 12.1. The van der Waals surface area contributed by atoms with Gasteiger partial charge in [0.25, 0.3) is 0 Å². The van der Waals surface area contributed by atoms with Crippen LogP contribution in [0.4, 0.5) is 0 Å². The third kappa shape index (κ3) is 3.08. The summed E-state index contributed by atoms with van der Waals surface area (Å²) in [5.74, 6) is 0. The maximum absolute atomic E-state index is 3.03. The first-order chi connectivity index (χ1) is 9.83. The van der Waals surface area contributed by atoms with E-state index in [9.17, 15) is 0 Å². The minimum absolute atomic E-state index is 0.486. The van der Waals surface area contributed by atoms with Gasteiger partial charge in [0.15, 0.2) is 0 Å². The van der Waals surface area contributed by atoms with Crippen molar-refractivity contribution in [2.75, 3.05) is 13.1 Å². The van der Waals surface area contributed by atoms with Crippen molar-refractivity contribution >= 4 is 17.9 Å². The molecule has 3 fully saturated rings. The van der Waals surface area contributed by atoms with E-state index < -0.39 is 17.9 Å². The summed E-state index contributed by atoms with van der Waals surface area (Å²) in [4.78, 5) is 0. The van der Waals surface area contributed by atoms with E-state index in [0.717, 1.165) is 12.1 Å². The summed E-state index contributed by atoms with van der Waals surface area (Å²) in [6, 6.07) is 2.02. The lowest BCUT2D eigenvalue weighted by Crippen LogP contribution is -2.62. The minimum atomic E-state index is -0.486. The topological polar surface area (TPSA) is 6.48 Å². The lowest BCUT2D eigenvalue weighted by atomic mass is 10.2. The Kier molecular flexibility index (Phi) is 5.40. The Balaban J connectivity index is 1.51. The van der Waals surface area contributed by atoms with E-state index in [4.69, 9.17) is 0 Å². The van der Waals surface area contributed by atoms with Gasteiger partial charge in [-0.2, -0.15) is 0 Å². The van der Waals surface area contributed by atoms with Crippen LogP contribution in [0.1, 0.15) is 65.2 Å². The van der Waals surface area contributed by atoms with Gasteiger partial charge in [0, 0.05) is 12.1 Å². The van der Waals surface area contributed by atoms with E-state index in [1.54, 1.807) is 11.3 Å². The monoisotopic (exact) mass is 310 g/mol. The van der Waals surface area contributed by atoms with Crippen molar-refractivity contribution in [3.05, 3.63) is 0 Å². The van der Waals surface area contributed by atoms with Crippen molar-refractivity contribution in [2.24, 2.45) is 0 Å². The average molecular weight is 311 g/mol. The van der Waals surface area contributed by atoms with Crippen LogP contribution in [0.25, 0.3) is 0 Å². The molecule has 0 aromatic rings. The number of rotatable bonds is 6.